The van der Waals surface area contributed by atoms with Gasteiger partial charge in [0.2, 0.25) is 0 Å². The summed E-state index contributed by atoms with van der Waals surface area (Å²) < 4.78 is 28.0. The van der Waals surface area contributed by atoms with Crippen LogP contribution in [0.15, 0.2) is 0 Å². The molecule has 0 aliphatic rings. The molecule has 0 rings (SSSR count). The molecule has 0 saturated carbocycles. The lowest BCUT2D eigenvalue weighted by molar-refractivity contribution is -0.0612. The van der Waals surface area contributed by atoms with E-state index in [4.69, 9.17) is 0 Å². The first-order chi connectivity index (χ1) is 6.48. The molecule has 3 nitrogen and oxygen atoms in total. The van der Waals surface area contributed by atoms with E-state index in [-0.39, 0.29) is 6.61 Å². The summed E-state index contributed by atoms with van der Waals surface area (Å²) in [5.74, 6) is 0. The smallest absolute Gasteiger partial charge is 0.261 e. The predicted molar refractivity (Wildman–Crippen MR) is 50.6 cm³/mol. The Balaban J connectivity index is 3.50. The minimum Gasteiger partial charge on any atom is -0.386 e. The highest BCUT2D eigenvalue weighted by molar-refractivity contribution is 4.74. The Morgan fingerprint density at radius 3 is 2.64 bits per heavy atom. The van der Waals surface area contributed by atoms with Crippen LogP contribution >= 0.6 is 0 Å². The first-order valence-corrected chi connectivity index (χ1v) is 4.77. The summed E-state index contributed by atoms with van der Waals surface area (Å²) in [6, 6.07) is 0. The third-order valence-electron chi connectivity index (χ3n) is 1.59. The number of hydrogen-bond donors (Lipinski definition) is 2. The standard InChI is InChI=1S/C9H19F2NO2/c1-3-4-12-6-9(2,13)7-14-5-8(10)11/h8,12-13H,3-7H2,1-2H3. The average molecular weight is 211 g/mol. The van der Waals surface area contributed by atoms with Gasteiger partial charge in [-0.2, -0.15) is 0 Å². The summed E-state index contributed by atoms with van der Waals surface area (Å²) in [4.78, 5) is 0. The van der Waals surface area contributed by atoms with E-state index >= 15 is 0 Å². The van der Waals surface area contributed by atoms with Crippen LogP contribution < -0.4 is 5.32 Å². The largest absolute Gasteiger partial charge is 0.386 e. The molecule has 0 radical (unpaired) electrons. The topological polar surface area (TPSA) is 41.5 Å². The van der Waals surface area contributed by atoms with Gasteiger partial charge in [-0.25, -0.2) is 8.78 Å². The Hall–Kier alpha value is -0.260. The highest BCUT2D eigenvalue weighted by Crippen LogP contribution is 2.03. The predicted octanol–water partition coefficient (Wildman–Crippen LogP) is 1.02. The molecule has 0 aliphatic heterocycles. The highest BCUT2D eigenvalue weighted by atomic mass is 19.3. The van der Waals surface area contributed by atoms with Crippen LogP contribution in [0.2, 0.25) is 0 Å². The third kappa shape index (κ3) is 8.34. The molecule has 86 valence electrons. The molecule has 5 heteroatoms. The van der Waals surface area contributed by atoms with Gasteiger partial charge in [0, 0.05) is 6.54 Å². The van der Waals surface area contributed by atoms with Crippen molar-refractivity contribution in [2.24, 2.45) is 0 Å². The normalized spacial score (nSPS) is 15.9. The third-order valence-corrected chi connectivity index (χ3v) is 1.59. The summed E-state index contributed by atoms with van der Waals surface area (Å²) >= 11 is 0. The molecular weight excluding hydrogens is 192 g/mol. The monoisotopic (exact) mass is 211 g/mol. The van der Waals surface area contributed by atoms with Gasteiger partial charge in [0.15, 0.2) is 0 Å². The quantitative estimate of drug-likeness (QED) is 0.589. The number of halogens is 2. The molecule has 1 unspecified atom stereocenters. The van der Waals surface area contributed by atoms with Crippen molar-refractivity contribution in [3.63, 3.8) is 0 Å². The lowest BCUT2D eigenvalue weighted by atomic mass is 10.1. The van der Waals surface area contributed by atoms with Crippen LogP contribution in [0, 0.1) is 0 Å². The first-order valence-electron chi connectivity index (χ1n) is 4.77. The fourth-order valence-electron chi connectivity index (χ4n) is 0.953. The molecule has 0 saturated heterocycles. The van der Waals surface area contributed by atoms with Crippen molar-refractivity contribution in [3.05, 3.63) is 0 Å². The average Bonchev–Trinajstić information content (AvgIpc) is 2.03. The minimum atomic E-state index is -2.48. The summed E-state index contributed by atoms with van der Waals surface area (Å²) in [6.45, 7) is 4.02. The van der Waals surface area contributed by atoms with Crippen LogP contribution in [0.3, 0.4) is 0 Å². The molecule has 1 atom stereocenters. The van der Waals surface area contributed by atoms with Crippen molar-refractivity contribution in [2.45, 2.75) is 32.3 Å². The minimum absolute atomic E-state index is 0.0753. The summed E-state index contributed by atoms with van der Waals surface area (Å²) in [7, 11) is 0. The van der Waals surface area contributed by atoms with Crippen LogP contribution in [-0.4, -0.2) is 43.4 Å². The zero-order valence-electron chi connectivity index (χ0n) is 8.72. The molecule has 0 bridgehead atoms. The van der Waals surface area contributed by atoms with Gasteiger partial charge in [-0.3, -0.25) is 0 Å². The second kappa shape index (κ2) is 7.09. The molecule has 0 aromatic carbocycles. The summed E-state index contributed by atoms with van der Waals surface area (Å²) in [5.41, 5.74) is -1.08. The van der Waals surface area contributed by atoms with E-state index in [0.717, 1.165) is 13.0 Å². The van der Waals surface area contributed by atoms with Crippen LogP contribution in [0.5, 0.6) is 0 Å². The number of nitrogens with one attached hydrogen (secondary N) is 1. The maximum absolute atomic E-state index is 11.7. The lowest BCUT2D eigenvalue weighted by Crippen LogP contribution is -2.42. The van der Waals surface area contributed by atoms with E-state index in [2.05, 4.69) is 10.1 Å². The zero-order valence-corrected chi connectivity index (χ0v) is 8.72. The number of aliphatic hydroxyl groups is 1. The van der Waals surface area contributed by atoms with Crippen LogP contribution in [0.25, 0.3) is 0 Å². The van der Waals surface area contributed by atoms with Gasteiger partial charge in [0.05, 0.1) is 12.2 Å². The van der Waals surface area contributed by atoms with Gasteiger partial charge in [-0.15, -0.1) is 0 Å². The van der Waals surface area contributed by atoms with E-state index in [0.29, 0.717) is 6.54 Å². The highest BCUT2D eigenvalue weighted by Gasteiger charge is 2.20. The Morgan fingerprint density at radius 1 is 1.50 bits per heavy atom. The van der Waals surface area contributed by atoms with Gasteiger partial charge in [0.1, 0.15) is 6.61 Å². The number of ether oxygens (including phenoxy) is 1. The first kappa shape index (κ1) is 13.7. The molecule has 0 amide bonds. The van der Waals surface area contributed by atoms with Crippen molar-refractivity contribution in [2.75, 3.05) is 26.3 Å². The fraction of sp³-hybridized carbons (Fsp3) is 1.00. The number of rotatable bonds is 8. The molecule has 0 spiro atoms. The maximum atomic E-state index is 11.7. The molecule has 2 N–H and O–H groups in total. The summed E-state index contributed by atoms with van der Waals surface area (Å²) in [6.07, 6.45) is -1.51. The van der Waals surface area contributed by atoms with Crippen LogP contribution in [0.1, 0.15) is 20.3 Å². The van der Waals surface area contributed by atoms with Crippen molar-refractivity contribution >= 4 is 0 Å². The van der Waals surface area contributed by atoms with Gasteiger partial charge < -0.3 is 15.2 Å². The second-order valence-corrected chi connectivity index (χ2v) is 3.58. The molecule has 0 aromatic rings. The van der Waals surface area contributed by atoms with Crippen molar-refractivity contribution in [3.8, 4) is 0 Å². The van der Waals surface area contributed by atoms with Crippen LogP contribution in [-0.2, 0) is 4.74 Å². The SMILES string of the molecule is CCCNCC(C)(O)COCC(F)F. The Morgan fingerprint density at radius 2 is 2.14 bits per heavy atom. The maximum Gasteiger partial charge on any atom is 0.261 e. The van der Waals surface area contributed by atoms with Crippen molar-refractivity contribution < 1.29 is 18.6 Å². The number of hydrogen-bond acceptors (Lipinski definition) is 3. The van der Waals surface area contributed by atoms with E-state index in [1.807, 2.05) is 6.92 Å². The molecule has 14 heavy (non-hydrogen) atoms. The van der Waals surface area contributed by atoms with Gasteiger partial charge in [0.25, 0.3) is 6.43 Å². The number of alkyl halides is 2. The van der Waals surface area contributed by atoms with Gasteiger partial charge in [-0.05, 0) is 19.9 Å². The van der Waals surface area contributed by atoms with Gasteiger partial charge in [-0.1, -0.05) is 6.92 Å². The molecular formula is C9H19F2NO2. The van der Waals surface area contributed by atoms with Crippen molar-refractivity contribution in [1.29, 1.82) is 0 Å². The van der Waals surface area contributed by atoms with E-state index in [1.165, 1.54) is 0 Å². The molecule has 0 aliphatic carbocycles. The molecule has 0 fully saturated rings. The van der Waals surface area contributed by atoms with E-state index in [1.54, 1.807) is 6.92 Å². The fourth-order valence-corrected chi connectivity index (χ4v) is 0.953. The Kier molecular flexibility index (Phi) is 6.96. The van der Waals surface area contributed by atoms with E-state index < -0.39 is 18.6 Å². The van der Waals surface area contributed by atoms with Crippen LogP contribution in [0.4, 0.5) is 8.78 Å². The molecule has 0 heterocycles. The summed E-state index contributed by atoms with van der Waals surface area (Å²) in [5, 5.41) is 12.6. The van der Waals surface area contributed by atoms with Gasteiger partial charge >= 0.3 is 0 Å². The second-order valence-electron chi connectivity index (χ2n) is 3.58. The van der Waals surface area contributed by atoms with Crippen molar-refractivity contribution in [1.82, 2.24) is 5.32 Å². The molecule has 0 aromatic heterocycles. The Bertz CT molecular complexity index is 143. The zero-order chi connectivity index (χ0) is 11.0. The van der Waals surface area contributed by atoms with E-state index in [9.17, 15) is 13.9 Å². The lowest BCUT2D eigenvalue weighted by Gasteiger charge is -2.23. The Labute approximate surface area is 83.4 Å².